The Hall–Kier alpha value is -1.65. The van der Waals surface area contributed by atoms with Crippen molar-refractivity contribution in [1.29, 1.82) is 0 Å². The highest BCUT2D eigenvalue weighted by atomic mass is 16.5. The van der Waals surface area contributed by atoms with Gasteiger partial charge < -0.3 is 4.74 Å². The van der Waals surface area contributed by atoms with Gasteiger partial charge in [-0.15, -0.1) is 0 Å². The van der Waals surface area contributed by atoms with E-state index in [1.807, 2.05) is 0 Å². The van der Waals surface area contributed by atoms with Crippen LogP contribution in [0.5, 0.6) is 0 Å². The second kappa shape index (κ2) is 3.93. The van der Waals surface area contributed by atoms with E-state index in [1.165, 1.54) is 17.1 Å². The molecule has 2 saturated carbocycles. The topological polar surface area (TPSA) is 63.7 Å². The van der Waals surface area contributed by atoms with Gasteiger partial charge in [-0.25, -0.2) is 0 Å². The molecule has 4 unspecified atom stereocenters. The lowest BCUT2D eigenvalue weighted by Gasteiger charge is -2.47. The fourth-order valence-electron chi connectivity index (χ4n) is 4.72. The van der Waals surface area contributed by atoms with Crippen LogP contribution in [0.3, 0.4) is 0 Å². The lowest BCUT2D eigenvalue weighted by atomic mass is 9.59. The van der Waals surface area contributed by atoms with E-state index in [0.717, 1.165) is 32.1 Å². The number of carbonyl (C=O) groups is 3. The molecule has 2 aliphatic carbocycles. The molecular formula is C15H17NO4. The summed E-state index contributed by atoms with van der Waals surface area (Å²) in [6.07, 6.45) is 7.07. The van der Waals surface area contributed by atoms with Gasteiger partial charge in [0.15, 0.2) is 0 Å². The summed E-state index contributed by atoms with van der Waals surface area (Å²) in [5.41, 5.74) is -0.111. The van der Waals surface area contributed by atoms with Gasteiger partial charge in [-0.1, -0.05) is 0 Å². The summed E-state index contributed by atoms with van der Waals surface area (Å²) in [6, 6.07) is 0. The molecule has 0 aromatic carbocycles. The normalized spacial score (nSPS) is 42.3. The molecule has 20 heavy (non-hydrogen) atoms. The van der Waals surface area contributed by atoms with Gasteiger partial charge in [-0.3, -0.25) is 19.3 Å². The van der Waals surface area contributed by atoms with Crippen LogP contribution < -0.4 is 0 Å². The predicted molar refractivity (Wildman–Crippen MR) is 68.2 cm³/mol. The number of hydrogen-bond donors (Lipinski definition) is 0. The first-order valence-corrected chi connectivity index (χ1v) is 7.29. The van der Waals surface area contributed by atoms with Crippen molar-refractivity contribution in [2.45, 2.75) is 38.2 Å². The van der Waals surface area contributed by atoms with E-state index >= 15 is 0 Å². The number of ether oxygens (including phenoxy) is 1. The van der Waals surface area contributed by atoms with Gasteiger partial charge >= 0.3 is 5.97 Å². The molecule has 4 atom stereocenters. The van der Waals surface area contributed by atoms with Gasteiger partial charge in [-0.05, 0) is 43.4 Å². The van der Waals surface area contributed by atoms with Crippen LogP contribution in [-0.2, 0) is 19.1 Å². The lowest BCUT2D eigenvalue weighted by Crippen LogP contribution is -2.48. The molecule has 3 heterocycles. The molecule has 5 heteroatoms. The molecule has 2 saturated heterocycles. The van der Waals surface area contributed by atoms with E-state index in [2.05, 4.69) is 0 Å². The SMILES string of the molecule is O=C1OC2CC3CC1CC(CN1C(=O)C=CC1=O)(C3)C2. The average Bonchev–Trinajstić information content (AvgIpc) is 2.59. The monoisotopic (exact) mass is 275 g/mol. The van der Waals surface area contributed by atoms with Crippen molar-refractivity contribution >= 4 is 17.8 Å². The van der Waals surface area contributed by atoms with Crippen LogP contribution >= 0.6 is 0 Å². The molecule has 0 N–H and O–H groups in total. The third-order valence-corrected chi connectivity index (χ3v) is 5.29. The second-order valence-corrected chi connectivity index (χ2v) is 6.80. The Kier molecular flexibility index (Phi) is 2.38. The Morgan fingerprint density at radius 3 is 2.60 bits per heavy atom. The first-order valence-electron chi connectivity index (χ1n) is 7.29. The molecule has 5 rings (SSSR count). The number of amides is 2. The maximum Gasteiger partial charge on any atom is 0.309 e. The molecule has 5 nitrogen and oxygen atoms in total. The van der Waals surface area contributed by atoms with Gasteiger partial charge in [0.2, 0.25) is 0 Å². The lowest BCUT2D eigenvalue weighted by molar-refractivity contribution is -0.151. The van der Waals surface area contributed by atoms with Crippen molar-refractivity contribution in [3.63, 3.8) is 0 Å². The summed E-state index contributed by atoms with van der Waals surface area (Å²) in [6.45, 7) is 0.442. The molecule has 3 aliphatic heterocycles. The van der Waals surface area contributed by atoms with Crippen LogP contribution in [0.15, 0.2) is 12.2 Å². The molecule has 2 amide bonds. The number of carbonyl (C=O) groups excluding carboxylic acids is 3. The minimum Gasteiger partial charge on any atom is -0.462 e. The van der Waals surface area contributed by atoms with Crippen LogP contribution in [0.4, 0.5) is 0 Å². The van der Waals surface area contributed by atoms with Crippen molar-refractivity contribution in [2.24, 2.45) is 17.3 Å². The average molecular weight is 275 g/mol. The molecule has 5 aliphatic rings. The van der Waals surface area contributed by atoms with E-state index < -0.39 is 0 Å². The third kappa shape index (κ3) is 1.72. The number of imide groups is 1. The second-order valence-electron chi connectivity index (χ2n) is 6.80. The highest BCUT2D eigenvalue weighted by Gasteiger charge is 2.53. The number of fused-ring (bicyclic) bond motifs is 1. The van der Waals surface area contributed by atoms with Crippen LogP contribution in [0.25, 0.3) is 0 Å². The molecule has 4 bridgehead atoms. The van der Waals surface area contributed by atoms with Crippen molar-refractivity contribution < 1.29 is 19.1 Å². The number of hydrogen-bond acceptors (Lipinski definition) is 4. The Morgan fingerprint density at radius 2 is 1.85 bits per heavy atom. The highest BCUT2D eigenvalue weighted by Crippen LogP contribution is 2.54. The van der Waals surface area contributed by atoms with Gasteiger partial charge in [0.1, 0.15) is 6.10 Å². The molecule has 106 valence electrons. The van der Waals surface area contributed by atoms with Gasteiger partial charge in [0.05, 0.1) is 5.92 Å². The largest absolute Gasteiger partial charge is 0.462 e. The number of nitrogens with zero attached hydrogens (tertiary/aromatic N) is 1. The zero-order valence-electron chi connectivity index (χ0n) is 11.2. The molecule has 0 radical (unpaired) electrons. The Balaban J connectivity index is 1.62. The third-order valence-electron chi connectivity index (χ3n) is 5.29. The van der Waals surface area contributed by atoms with Crippen LogP contribution in [0.1, 0.15) is 32.1 Å². The predicted octanol–water partition coefficient (Wildman–Crippen LogP) is 1.03. The van der Waals surface area contributed by atoms with E-state index in [1.54, 1.807) is 0 Å². The smallest absolute Gasteiger partial charge is 0.309 e. The zero-order valence-corrected chi connectivity index (χ0v) is 11.2. The molecular weight excluding hydrogens is 258 g/mol. The van der Waals surface area contributed by atoms with Crippen molar-refractivity contribution in [2.75, 3.05) is 6.54 Å². The minimum atomic E-state index is -0.225. The van der Waals surface area contributed by atoms with Gasteiger partial charge in [0.25, 0.3) is 11.8 Å². The maximum absolute atomic E-state index is 12.0. The fourth-order valence-corrected chi connectivity index (χ4v) is 4.72. The Bertz CT molecular complexity index is 522. The van der Waals surface area contributed by atoms with Gasteiger partial charge in [0, 0.05) is 18.7 Å². The van der Waals surface area contributed by atoms with E-state index in [0.29, 0.717) is 12.5 Å². The first-order chi connectivity index (χ1) is 9.55. The van der Waals surface area contributed by atoms with Crippen LogP contribution in [0, 0.1) is 17.3 Å². The van der Waals surface area contributed by atoms with Gasteiger partial charge in [-0.2, -0.15) is 0 Å². The zero-order chi connectivity index (χ0) is 13.9. The Labute approximate surface area is 116 Å². The molecule has 0 aromatic heterocycles. The van der Waals surface area contributed by atoms with Crippen LogP contribution in [-0.4, -0.2) is 35.3 Å². The highest BCUT2D eigenvalue weighted by molar-refractivity contribution is 6.12. The van der Waals surface area contributed by atoms with E-state index in [-0.39, 0.29) is 35.2 Å². The van der Waals surface area contributed by atoms with Crippen molar-refractivity contribution in [1.82, 2.24) is 4.90 Å². The first kappa shape index (κ1) is 12.1. The Morgan fingerprint density at radius 1 is 1.10 bits per heavy atom. The summed E-state index contributed by atoms with van der Waals surface area (Å²) >= 11 is 0. The van der Waals surface area contributed by atoms with Crippen molar-refractivity contribution in [3.05, 3.63) is 12.2 Å². The number of rotatable bonds is 2. The summed E-state index contributed by atoms with van der Waals surface area (Å²) in [5.74, 6) is -0.0636. The maximum atomic E-state index is 12.0. The number of esters is 1. The summed E-state index contributed by atoms with van der Waals surface area (Å²) in [4.78, 5) is 36.9. The molecule has 4 fully saturated rings. The summed E-state index contributed by atoms with van der Waals surface area (Å²) in [5, 5.41) is 0. The standard InChI is InChI=1S/C15H17NO4/c17-12-1-2-13(18)16(12)8-15-5-9-3-10(6-15)14(19)20-11(4-9)7-15/h1-2,9-11H,3-8H2. The fraction of sp³-hybridized carbons (Fsp3) is 0.667. The quantitative estimate of drug-likeness (QED) is 0.558. The van der Waals surface area contributed by atoms with E-state index in [9.17, 15) is 14.4 Å². The summed E-state index contributed by atoms with van der Waals surface area (Å²) < 4.78 is 5.54. The minimum absolute atomic E-state index is 0.0190. The molecule has 0 spiro atoms. The van der Waals surface area contributed by atoms with E-state index in [4.69, 9.17) is 4.74 Å². The summed E-state index contributed by atoms with van der Waals surface area (Å²) in [7, 11) is 0. The molecule has 0 aromatic rings. The van der Waals surface area contributed by atoms with Crippen molar-refractivity contribution in [3.8, 4) is 0 Å². The van der Waals surface area contributed by atoms with Crippen LogP contribution in [0.2, 0.25) is 0 Å².